The van der Waals surface area contributed by atoms with Gasteiger partial charge in [0.2, 0.25) is 0 Å². The van der Waals surface area contributed by atoms with Crippen LogP contribution >= 0.6 is 0 Å². The molecule has 154 valence electrons. The second-order valence-corrected chi connectivity index (χ2v) is 7.42. The Kier molecular flexibility index (Phi) is 5.30. The number of hydrogen-bond acceptors (Lipinski definition) is 6. The van der Waals surface area contributed by atoms with Crippen LogP contribution < -0.4 is 22.9 Å². The molecule has 0 radical (unpaired) electrons. The Morgan fingerprint density at radius 2 is 0.867 bits per heavy atom. The molecular formula is C22H26N8. The van der Waals surface area contributed by atoms with Crippen molar-refractivity contribution in [2.45, 2.75) is 25.9 Å². The normalized spacial score (nSPS) is 11.1. The van der Waals surface area contributed by atoms with Crippen molar-refractivity contribution in [1.82, 2.24) is 19.6 Å². The molecule has 8 nitrogen and oxygen atoms in total. The molecule has 0 saturated heterocycles. The van der Waals surface area contributed by atoms with E-state index < -0.39 is 0 Å². The molecular weight excluding hydrogens is 376 g/mol. The van der Waals surface area contributed by atoms with Crippen molar-refractivity contribution in [1.29, 1.82) is 0 Å². The molecule has 0 saturated carbocycles. The van der Waals surface area contributed by atoms with Gasteiger partial charge in [0.1, 0.15) is 11.6 Å². The summed E-state index contributed by atoms with van der Waals surface area (Å²) in [6.45, 7) is 1.22. The van der Waals surface area contributed by atoms with Crippen molar-refractivity contribution in [3.63, 3.8) is 0 Å². The van der Waals surface area contributed by atoms with E-state index in [-0.39, 0.29) is 0 Å². The predicted octanol–water partition coefficient (Wildman–Crippen LogP) is 2.29. The Labute approximate surface area is 175 Å². The van der Waals surface area contributed by atoms with Crippen molar-refractivity contribution in [3.05, 3.63) is 83.2 Å². The van der Waals surface area contributed by atoms with Crippen molar-refractivity contribution in [3.8, 4) is 0 Å². The zero-order valence-electron chi connectivity index (χ0n) is 16.7. The summed E-state index contributed by atoms with van der Waals surface area (Å²) in [5.41, 5.74) is 29.2. The van der Waals surface area contributed by atoms with Gasteiger partial charge >= 0.3 is 0 Å². The van der Waals surface area contributed by atoms with E-state index in [1.807, 2.05) is 0 Å². The monoisotopic (exact) mass is 402 g/mol. The average Bonchev–Trinajstić information content (AvgIpc) is 3.25. The molecule has 8 N–H and O–H groups in total. The maximum absolute atomic E-state index is 5.91. The highest BCUT2D eigenvalue weighted by Gasteiger charge is 2.06. The molecule has 0 spiro atoms. The van der Waals surface area contributed by atoms with Gasteiger partial charge in [-0.25, -0.2) is 9.36 Å². The van der Waals surface area contributed by atoms with Gasteiger partial charge in [-0.3, -0.25) is 0 Å². The summed E-state index contributed by atoms with van der Waals surface area (Å²) in [6, 6.07) is 17.0. The largest absolute Gasteiger partial charge is 0.394 e. The summed E-state index contributed by atoms with van der Waals surface area (Å²) in [5, 5.41) is 8.39. The van der Waals surface area contributed by atoms with Gasteiger partial charge < -0.3 is 22.9 Å². The van der Waals surface area contributed by atoms with E-state index in [2.05, 4.69) is 58.7 Å². The molecule has 0 fully saturated rings. The second kappa shape index (κ2) is 8.20. The molecule has 2 heterocycles. The maximum Gasteiger partial charge on any atom is 0.145 e. The predicted molar refractivity (Wildman–Crippen MR) is 121 cm³/mol. The van der Waals surface area contributed by atoms with E-state index in [4.69, 9.17) is 22.9 Å². The molecule has 2 aromatic heterocycles. The maximum atomic E-state index is 5.91. The number of hydrogen-bond donors (Lipinski definition) is 4. The van der Waals surface area contributed by atoms with E-state index in [0.717, 1.165) is 24.0 Å². The number of nitrogens with two attached hydrogens (primary N) is 4. The minimum absolute atomic E-state index is 0.501. The number of aryl methyl sites for hydroxylation is 2. The number of benzene rings is 2. The molecule has 8 heteroatoms. The lowest BCUT2D eigenvalue weighted by atomic mass is 10.0. The third kappa shape index (κ3) is 4.22. The minimum atomic E-state index is 0.501. The van der Waals surface area contributed by atoms with Crippen LogP contribution in [0.3, 0.4) is 0 Å². The summed E-state index contributed by atoms with van der Waals surface area (Å²) in [6.07, 6.45) is 5.10. The highest BCUT2D eigenvalue weighted by Crippen LogP contribution is 2.17. The van der Waals surface area contributed by atoms with E-state index in [1.54, 1.807) is 21.8 Å². The molecule has 30 heavy (non-hydrogen) atoms. The van der Waals surface area contributed by atoms with Gasteiger partial charge in [0.15, 0.2) is 0 Å². The Balaban J connectivity index is 1.32. The summed E-state index contributed by atoms with van der Waals surface area (Å²) in [5.74, 6) is 1.00. The number of aromatic nitrogens is 4. The molecule has 0 bridgehead atoms. The molecule has 0 atom stereocenters. The second-order valence-electron chi connectivity index (χ2n) is 7.42. The topological polar surface area (TPSA) is 140 Å². The lowest BCUT2D eigenvalue weighted by Gasteiger charge is -2.08. The molecule has 2 aromatic carbocycles. The fourth-order valence-electron chi connectivity index (χ4n) is 3.33. The van der Waals surface area contributed by atoms with E-state index in [1.165, 1.54) is 11.1 Å². The first-order valence-corrected chi connectivity index (χ1v) is 9.79. The summed E-state index contributed by atoms with van der Waals surface area (Å²) in [4.78, 5) is 0. The molecule has 0 aliphatic carbocycles. The third-order valence-electron chi connectivity index (χ3n) is 5.23. The van der Waals surface area contributed by atoms with Gasteiger partial charge in [-0.05, 0) is 35.1 Å². The average molecular weight is 403 g/mol. The van der Waals surface area contributed by atoms with Crippen molar-refractivity contribution in [2.75, 3.05) is 22.9 Å². The SMILES string of the molecule is Nc1cnn(Cc2ccc(CCc3ccc(Cn4ncc(N)c4N)cc3)cc2)c1N. The fourth-order valence-corrected chi connectivity index (χ4v) is 3.33. The van der Waals surface area contributed by atoms with Crippen LogP contribution in [0.15, 0.2) is 60.9 Å². The number of nitrogens with zero attached hydrogens (tertiary/aromatic N) is 4. The highest BCUT2D eigenvalue weighted by atomic mass is 15.3. The smallest absolute Gasteiger partial charge is 0.145 e. The molecule has 0 aliphatic heterocycles. The Morgan fingerprint density at radius 3 is 1.17 bits per heavy atom. The molecule has 0 aliphatic rings. The summed E-state index contributed by atoms with van der Waals surface area (Å²) in [7, 11) is 0. The van der Waals surface area contributed by atoms with Crippen molar-refractivity contribution < 1.29 is 0 Å². The van der Waals surface area contributed by atoms with Crippen LogP contribution in [0.2, 0.25) is 0 Å². The third-order valence-corrected chi connectivity index (χ3v) is 5.23. The minimum Gasteiger partial charge on any atom is -0.394 e. The molecule has 4 aromatic rings. The Bertz CT molecular complexity index is 1030. The standard InChI is InChI=1S/C22H26N8/c23-19-11-27-29(21(19)25)13-17-7-3-15(4-8-17)1-2-16-5-9-18(10-6-16)14-30-22(26)20(24)12-28-30/h3-12H,1-2,13-14,23-26H2. The lowest BCUT2D eigenvalue weighted by molar-refractivity contribution is 0.696. The highest BCUT2D eigenvalue weighted by molar-refractivity contribution is 5.57. The summed E-state index contributed by atoms with van der Waals surface area (Å²) < 4.78 is 3.41. The number of anilines is 4. The van der Waals surface area contributed by atoms with Crippen LogP contribution in [0.25, 0.3) is 0 Å². The number of nitrogen functional groups attached to an aromatic ring is 4. The zero-order valence-corrected chi connectivity index (χ0v) is 16.7. The molecule has 4 rings (SSSR count). The van der Waals surface area contributed by atoms with Gasteiger partial charge in [-0.2, -0.15) is 10.2 Å². The Hall–Kier alpha value is -3.94. The quantitative estimate of drug-likeness (QED) is 0.374. The van der Waals surface area contributed by atoms with Gasteiger partial charge in [-0.15, -0.1) is 0 Å². The fraction of sp³-hybridized carbons (Fsp3) is 0.182. The first-order chi connectivity index (χ1) is 14.5. The first-order valence-electron chi connectivity index (χ1n) is 9.79. The van der Waals surface area contributed by atoms with Crippen LogP contribution in [-0.2, 0) is 25.9 Å². The zero-order chi connectivity index (χ0) is 21.1. The van der Waals surface area contributed by atoms with E-state index >= 15 is 0 Å². The summed E-state index contributed by atoms with van der Waals surface area (Å²) >= 11 is 0. The van der Waals surface area contributed by atoms with Crippen LogP contribution in [-0.4, -0.2) is 19.6 Å². The van der Waals surface area contributed by atoms with Crippen LogP contribution in [0.1, 0.15) is 22.3 Å². The van der Waals surface area contributed by atoms with Gasteiger partial charge in [-0.1, -0.05) is 48.5 Å². The van der Waals surface area contributed by atoms with Gasteiger partial charge in [0.05, 0.1) is 36.9 Å². The van der Waals surface area contributed by atoms with Gasteiger partial charge in [0, 0.05) is 0 Å². The first kappa shape index (κ1) is 19.4. The van der Waals surface area contributed by atoms with Crippen LogP contribution in [0, 0.1) is 0 Å². The Morgan fingerprint density at radius 1 is 0.533 bits per heavy atom. The molecule has 0 amide bonds. The number of rotatable bonds is 7. The van der Waals surface area contributed by atoms with Gasteiger partial charge in [0.25, 0.3) is 0 Å². The van der Waals surface area contributed by atoms with Crippen LogP contribution in [0.5, 0.6) is 0 Å². The van der Waals surface area contributed by atoms with Crippen molar-refractivity contribution in [2.24, 2.45) is 0 Å². The van der Waals surface area contributed by atoms with E-state index in [0.29, 0.717) is 36.1 Å². The van der Waals surface area contributed by atoms with Crippen molar-refractivity contribution >= 4 is 23.0 Å². The van der Waals surface area contributed by atoms with Crippen LogP contribution in [0.4, 0.5) is 23.0 Å². The van der Waals surface area contributed by atoms with E-state index in [9.17, 15) is 0 Å². The lowest BCUT2D eigenvalue weighted by Crippen LogP contribution is -2.07. The molecule has 0 unspecified atom stereocenters.